The summed E-state index contributed by atoms with van der Waals surface area (Å²) in [5, 5.41) is 0. The Morgan fingerprint density at radius 2 is 1.55 bits per heavy atom. The minimum Gasteiger partial charge on any atom is -0.297 e. The minimum absolute atomic E-state index is 0.0782. The second-order valence-electron chi connectivity index (χ2n) is 10.2. The fraction of sp³-hybridized carbons (Fsp3) is 0.944. The molecular weight excluding hydrogens is 246 g/mol. The molecule has 116 valence electrons. The summed E-state index contributed by atoms with van der Waals surface area (Å²) in [6.07, 6.45) is 3.63. The number of hydrogen-bond acceptors (Lipinski definition) is 2. The van der Waals surface area contributed by atoms with E-state index >= 15 is 0 Å². The van der Waals surface area contributed by atoms with Gasteiger partial charge in [-0.1, -0.05) is 34.6 Å². The summed E-state index contributed by atoms with van der Waals surface area (Å²) in [5.74, 6) is 0.425. The minimum atomic E-state index is -0.237. The van der Waals surface area contributed by atoms with Crippen LogP contribution in [-0.4, -0.2) is 28.8 Å². The molecule has 1 aliphatic carbocycles. The number of carbonyl (C=O) groups excluding carboxylic acids is 1. The van der Waals surface area contributed by atoms with Gasteiger partial charge in [0.1, 0.15) is 0 Å². The third-order valence-corrected chi connectivity index (χ3v) is 5.12. The van der Waals surface area contributed by atoms with Gasteiger partial charge < -0.3 is 0 Å². The second-order valence-corrected chi connectivity index (χ2v) is 10.2. The molecule has 2 aliphatic rings. The Hall–Kier alpha value is -0.370. The Bertz CT molecular complexity index is 400. The first-order chi connectivity index (χ1) is 8.76. The molecule has 1 spiro atoms. The molecule has 0 aromatic rings. The molecule has 0 aromatic heterocycles. The number of carbonyl (C=O) groups is 1. The lowest BCUT2D eigenvalue weighted by Crippen LogP contribution is -2.51. The summed E-state index contributed by atoms with van der Waals surface area (Å²) in [6.45, 7) is 18.8. The van der Waals surface area contributed by atoms with Crippen LogP contribution in [0.1, 0.15) is 74.7 Å². The lowest BCUT2D eigenvalue weighted by molar-refractivity contribution is -0.132. The van der Waals surface area contributed by atoms with Gasteiger partial charge in [-0.3, -0.25) is 9.69 Å². The molecule has 20 heavy (non-hydrogen) atoms. The Morgan fingerprint density at radius 1 is 1.05 bits per heavy atom. The summed E-state index contributed by atoms with van der Waals surface area (Å²) < 4.78 is 0. The summed E-state index contributed by atoms with van der Waals surface area (Å²) >= 11 is 0. The number of Topliss-reactive ketones (excluding diaryl/α,β-unsaturated/α-hetero) is 1. The van der Waals surface area contributed by atoms with Crippen LogP contribution in [0.15, 0.2) is 0 Å². The Balaban J connectivity index is 2.24. The molecule has 1 saturated heterocycles. The largest absolute Gasteiger partial charge is 0.297 e. The standard InChI is InChI=1S/C18H33NO/c1-15(2,3)14(20)13-9-18(10-17(7,8)11-18)12-19(13)16(4,5)6/h13H,9-12H2,1-8H3/t13-/m0/s1. The maximum Gasteiger partial charge on any atom is 0.155 e. The van der Waals surface area contributed by atoms with Crippen LogP contribution >= 0.6 is 0 Å². The smallest absolute Gasteiger partial charge is 0.155 e. The van der Waals surface area contributed by atoms with E-state index in [0.717, 1.165) is 13.0 Å². The molecular formula is C18H33NO. The van der Waals surface area contributed by atoms with Gasteiger partial charge in [-0.25, -0.2) is 0 Å². The predicted octanol–water partition coefficient (Wildman–Crippen LogP) is 4.28. The maximum atomic E-state index is 12.9. The highest BCUT2D eigenvalue weighted by atomic mass is 16.1. The van der Waals surface area contributed by atoms with E-state index in [1.165, 1.54) is 12.8 Å². The van der Waals surface area contributed by atoms with Crippen molar-refractivity contribution >= 4 is 5.78 Å². The average molecular weight is 279 g/mol. The van der Waals surface area contributed by atoms with Gasteiger partial charge in [0.2, 0.25) is 0 Å². The molecule has 1 atom stereocenters. The van der Waals surface area contributed by atoms with Gasteiger partial charge in [-0.05, 0) is 50.9 Å². The van der Waals surface area contributed by atoms with Crippen LogP contribution in [0.2, 0.25) is 0 Å². The molecule has 0 aromatic carbocycles. The van der Waals surface area contributed by atoms with Gasteiger partial charge in [0.15, 0.2) is 5.78 Å². The van der Waals surface area contributed by atoms with Crippen molar-refractivity contribution in [1.29, 1.82) is 0 Å². The topological polar surface area (TPSA) is 20.3 Å². The summed E-state index contributed by atoms with van der Waals surface area (Å²) in [5.41, 5.74) is 0.722. The highest BCUT2D eigenvalue weighted by molar-refractivity contribution is 5.89. The van der Waals surface area contributed by atoms with Gasteiger partial charge >= 0.3 is 0 Å². The molecule has 1 heterocycles. The van der Waals surface area contributed by atoms with Crippen molar-refractivity contribution in [3.8, 4) is 0 Å². The molecule has 2 nitrogen and oxygen atoms in total. The molecule has 1 saturated carbocycles. The zero-order valence-electron chi connectivity index (χ0n) is 14.8. The van der Waals surface area contributed by atoms with Crippen LogP contribution in [0.3, 0.4) is 0 Å². The molecule has 0 unspecified atom stereocenters. The lowest BCUT2D eigenvalue weighted by atomic mass is 9.53. The third-order valence-electron chi connectivity index (χ3n) is 5.12. The van der Waals surface area contributed by atoms with Crippen LogP contribution in [0.25, 0.3) is 0 Å². The van der Waals surface area contributed by atoms with E-state index in [9.17, 15) is 4.79 Å². The highest BCUT2D eigenvalue weighted by Gasteiger charge is 2.58. The van der Waals surface area contributed by atoms with Crippen molar-refractivity contribution in [3.63, 3.8) is 0 Å². The molecule has 2 fully saturated rings. The first kappa shape index (κ1) is 16.0. The van der Waals surface area contributed by atoms with Gasteiger partial charge in [0.25, 0.3) is 0 Å². The Morgan fingerprint density at radius 3 is 1.90 bits per heavy atom. The van der Waals surface area contributed by atoms with Crippen molar-refractivity contribution in [2.75, 3.05) is 6.54 Å². The normalized spacial score (nSPS) is 29.5. The van der Waals surface area contributed by atoms with E-state index in [2.05, 4.69) is 60.3 Å². The predicted molar refractivity (Wildman–Crippen MR) is 84.8 cm³/mol. The molecule has 0 amide bonds. The van der Waals surface area contributed by atoms with E-state index in [1.807, 2.05) is 0 Å². The summed E-state index contributed by atoms with van der Waals surface area (Å²) in [7, 11) is 0. The van der Waals surface area contributed by atoms with Crippen molar-refractivity contribution in [3.05, 3.63) is 0 Å². The summed E-state index contributed by atoms with van der Waals surface area (Å²) in [4.78, 5) is 15.4. The first-order valence-corrected chi connectivity index (χ1v) is 8.07. The number of nitrogens with zero attached hydrogens (tertiary/aromatic N) is 1. The molecule has 0 radical (unpaired) electrons. The number of hydrogen-bond donors (Lipinski definition) is 0. The maximum absolute atomic E-state index is 12.9. The molecule has 2 heteroatoms. The van der Waals surface area contributed by atoms with Crippen LogP contribution < -0.4 is 0 Å². The average Bonchev–Trinajstić information content (AvgIpc) is 2.52. The second kappa shape index (κ2) is 4.32. The van der Waals surface area contributed by atoms with Crippen LogP contribution in [0, 0.1) is 16.2 Å². The lowest BCUT2D eigenvalue weighted by Gasteiger charge is -2.52. The van der Waals surface area contributed by atoms with E-state index in [1.54, 1.807) is 0 Å². The molecule has 2 rings (SSSR count). The Labute approximate surface area is 125 Å². The number of rotatable bonds is 1. The zero-order valence-corrected chi connectivity index (χ0v) is 14.8. The van der Waals surface area contributed by atoms with Gasteiger partial charge in [0, 0.05) is 17.5 Å². The van der Waals surface area contributed by atoms with Crippen LogP contribution in [0.4, 0.5) is 0 Å². The summed E-state index contributed by atoms with van der Waals surface area (Å²) in [6, 6.07) is 0.117. The van der Waals surface area contributed by atoms with Crippen molar-refractivity contribution in [1.82, 2.24) is 4.90 Å². The SMILES string of the molecule is CC1(C)CC2(C[C@@H](C(=O)C(C)(C)C)N(C(C)(C)C)C2)C1. The van der Waals surface area contributed by atoms with Crippen molar-refractivity contribution in [2.45, 2.75) is 86.2 Å². The quantitative estimate of drug-likeness (QED) is 0.714. The highest BCUT2D eigenvalue weighted by Crippen LogP contribution is 2.60. The zero-order chi connectivity index (χ0) is 15.6. The Kier molecular flexibility index (Phi) is 3.45. The van der Waals surface area contributed by atoms with Gasteiger partial charge in [0.05, 0.1) is 6.04 Å². The van der Waals surface area contributed by atoms with Crippen LogP contribution in [0.5, 0.6) is 0 Å². The fourth-order valence-electron chi connectivity index (χ4n) is 4.73. The van der Waals surface area contributed by atoms with E-state index < -0.39 is 0 Å². The van der Waals surface area contributed by atoms with E-state index in [0.29, 0.717) is 16.6 Å². The first-order valence-electron chi connectivity index (χ1n) is 8.07. The number of likely N-dealkylation sites (tertiary alicyclic amines) is 1. The fourth-order valence-corrected chi connectivity index (χ4v) is 4.73. The molecule has 0 N–H and O–H groups in total. The van der Waals surface area contributed by atoms with E-state index in [-0.39, 0.29) is 17.0 Å². The monoisotopic (exact) mass is 279 g/mol. The molecule has 0 bridgehead atoms. The van der Waals surface area contributed by atoms with Crippen molar-refractivity contribution < 1.29 is 4.79 Å². The van der Waals surface area contributed by atoms with Gasteiger partial charge in [-0.15, -0.1) is 0 Å². The van der Waals surface area contributed by atoms with Gasteiger partial charge in [-0.2, -0.15) is 0 Å². The van der Waals surface area contributed by atoms with Crippen molar-refractivity contribution in [2.24, 2.45) is 16.2 Å². The number of ketones is 1. The van der Waals surface area contributed by atoms with Crippen LogP contribution in [-0.2, 0) is 4.79 Å². The van der Waals surface area contributed by atoms with E-state index in [4.69, 9.17) is 0 Å². The molecule has 1 aliphatic heterocycles. The third kappa shape index (κ3) is 2.81.